The number of ether oxygens (including phenoxy) is 1. The molecule has 0 spiro atoms. The molecular formula is C29H36N4O4S2. The van der Waals surface area contributed by atoms with Crippen molar-refractivity contribution >= 4 is 37.8 Å². The van der Waals surface area contributed by atoms with Gasteiger partial charge in [-0.2, -0.15) is 5.26 Å². The minimum atomic E-state index is -2.93. The van der Waals surface area contributed by atoms with Gasteiger partial charge in [0.15, 0.2) is 15.0 Å². The molecule has 2 saturated heterocycles. The fourth-order valence-corrected chi connectivity index (χ4v) is 8.64. The number of nitriles is 1. The standard InChI is InChI=1S/C29H36N4O4S2/c30-20-29(9-10-29)19-25(34)23-3-1-2-4-24(23)26-27(38-28(31-26)33-11-15-37-16-12-33)21-5-7-22(8-6-21)32-13-17-39(35,36)18-14-32/h5-8,23-24H,1-4,9-19H2/t23-,24-/m1/s1. The smallest absolute Gasteiger partial charge is 0.186 e. The Balaban J connectivity index is 1.31. The first-order valence-corrected chi connectivity index (χ1v) is 16.8. The molecule has 2 aliphatic heterocycles. The van der Waals surface area contributed by atoms with Crippen molar-refractivity contribution in [3.63, 3.8) is 0 Å². The number of Topliss-reactive ketones (excluding diaryl/α,β-unsaturated/α-hetero) is 1. The van der Waals surface area contributed by atoms with Crippen molar-refractivity contribution < 1.29 is 17.9 Å². The number of ketones is 1. The molecule has 10 heteroatoms. The summed E-state index contributed by atoms with van der Waals surface area (Å²) in [5.74, 6) is 0.606. The van der Waals surface area contributed by atoms with Gasteiger partial charge in [0.2, 0.25) is 0 Å². The molecule has 8 nitrogen and oxygen atoms in total. The zero-order valence-electron chi connectivity index (χ0n) is 22.3. The number of hydrogen-bond acceptors (Lipinski definition) is 9. The minimum Gasteiger partial charge on any atom is -0.378 e. The van der Waals surface area contributed by atoms with Crippen molar-refractivity contribution in [3.8, 4) is 16.5 Å². The second-order valence-corrected chi connectivity index (χ2v) is 14.8. The van der Waals surface area contributed by atoms with Crippen molar-refractivity contribution in [1.82, 2.24) is 4.98 Å². The van der Waals surface area contributed by atoms with E-state index in [0.29, 0.717) is 32.7 Å². The van der Waals surface area contributed by atoms with E-state index >= 15 is 0 Å². The molecule has 4 fully saturated rings. The maximum absolute atomic E-state index is 13.6. The number of thiazole rings is 1. The van der Waals surface area contributed by atoms with Crippen molar-refractivity contribution in [1.29, 1.82) is 5.26 Å². The maximum atomic E-state index is 13.6. The fraction of sp³-hybridized carbons (Fsp3) is 0.621. The van der Waals surface area contributed by atoms with E-state index in [1.807, 2.05) is 0 Å². The zero-order chi connectivity index (χ0) is 27.0. The van der Waals surface area contributed by atoms with Crippen LogP contribution in [0.5, 0.6) is 0 Å². The van der Waals surface area contributed by atoms with Crippen LogP contribution in [0, 0.1) is 22.7 Å². The molecule has 4 aliphatic rings. The highest BCUT2D eigenvalue weighted by atomic mass is 32.2. The van der Waals surface area contributed by atoms with E-state index in [2.05, 4.69) is 40.1 Å². The van der Waals surface area contributed by atoms with Gasteiger partial charge < -0.3 is 14.5 Å². The van der Waals surface area contributed by atoms with Crippen LogP contribution in [-0.4, -0.2) is 70.1 Å². The summed E-state index contributed by atoms with van der Waals surface area (Å²) < 4.78 is 29.3. The van der Waals surface area contributed by atoms with E-state index in [4.69, 9.17) is 9.72 Å². The largest absolute Gasteiger partial charge is 0.378 e. The van der Waals surface area contributed by atoms with Gasteiger partial charge in [-0.1, -0.05) is 36.3 Å². The Morgan fingerprint density at radius 1 is 1.05 bits per heavy atom. The second-order valence-electron chi connectivity index (χ2n) is 11.5. The molecule has 0 amide bonds. The third-order valence-electron chi connectivity index (χ3n) is 8.90. The lowest BCUT2D eigenvalue weighted by molar-refractivity contribution is -0.125. The number of rotatable bonds is 7. The van der Waals surface area contributed by atoms with Gasteiger partial charge in [-0.15, -0.1) is 0 Å². The molecule has 208 valence electrons. The maximum Gasteiger partial charge on any atom is 0.186 e. The van der Waals surface area contributed by atoms with Gasteiger partial charge >= 0.3 is 0 Å². The molecule has 2 aromatic rings. The minimum absolute atomic E-state index is 0.0637. The first-order valence-electron chi connectivity index (χ1n) is 14.2. The number of benzene rings is 1. The first-order chi connectivity index (χ1) is 18.9. The summed E-state index contributed by atoms with van der Waals surface area (Å²) in [7, 11) is -2.93. The van der Waals surface area contributed by atoms with E-state index in [1.165, 1.54) is 0 Å². The number of aromatic nitrogens is 1. The van der Waals surface area contributed by atoms with Gasteiger partial charge in [0.05, 0.1) is 46.8 Å². The molecule has 0 N–H and O–H groups in total. The zero-order valence-corrected chi connectivity index (χ0v) is 23.9. The van der Waals surface area contributed by atoms with Crippen LogP contribution in [0.1, 0.15) is 56.6 Å². The Bertz CT molecular complexity index is 1340. The predicted octanol–water partition coefficient (Wildman–Crippen LogP) is 4.42. The lowest BCUT2D eigenvalue weighted by Crippen LogP contribution is -2.40. The predicted molar refractivity (Wildman–Crippen MR) is 153 cm³/mol. The Hall–Kier alpha value is -2.48. The summed E-state index contributed by atoms with van der Waals surface area (Å²) in [6.45, 7) is 4.02. The first kappa shape index (κ1) is 26.7. The number of carbonyl (C=O) groups is 1. The molecular weight excluding hydrogens is 532 g/mol. The van der Waals surface area contributed by atoms with Gasteiger partial charge in [0, 0.05) is 50.1 Å². The highest BCUT2D eigenvalue weighted by Crippen LogP contribution is 2.51. The van der Waals surface area contributed by atoms with E-state index in [1.54, 1.807) is 11.3 Å². The summed E-state index contributed by atoms with van der Waals surface area (Å²) in [5, 5.41) is 10.6. The number of nitrogens with zero attached hydrogens (tertiary/aromatic N) is 4. The summed E-state index contributed by atoms with van der Waals surface area (Å²) in [5.41, 5.74) is 2.72. The normalized spacial score (nSPS) is 26.1. The van der Waals surface area contributed by atoms with Gasteiger partial charge in [-0.25, -0.2) is 13.4 Å². The van der Waals surface area contributed by atoms with Gasteiger partial charge in [-0.3, -0.25) is 4.79 Å². The molecule has 6 rings (SSSR count). The number of carbonyl (C=O) groups excluding carboxylic acids is 1. The van der Waals surface area contributed by atoms with Crippen molar-refractivity contribution in [3.05, 3.63) is 30.0 Å². The number of hydrogen-bond donors (Lipinski definition) is 0. The Labute approximate surface area is 234 Å². The van der Waals surface area contributed by atoms with Crippen LogP contribution in [0.4, 0.5) is 10.8 Å². The van der Waals surface area contributed by atoms with Crippen LogP contribution in [0.15, 0.2) is 24.3 Å². The van der Waals surface area contributed by atoms with Crippen LogP contribution in [0.2, 0.25) is 0 Å². The lowest BCUT2D eigenvalue weighted by atomic mass is 9.73. The van der Waals surface area contributed by atoms with Crippen LogP contribution in [0.25, 0.3) is 10.4 Å². The van der Waals surface area contributed by atoms with Gasteiger partial charge in [0.1, 0.15) is 5.78 Å². The van der Waals surface area contributed by atoms with E-state index in [0.717, 1.165) is 78.6 Å². The summed E-state index contributed by atoms with van der Waals surface area (Å²) in [6.07, 6.45) is 5.99. The molecule has 2 saturated carbocycles. The van der Waals surface area contributed by atoms with Crippen LogP contribution in [0.3, 0.4) is 0 Å². The molecule has 2 atom stereocenters. The molecule has 3 heterocycles. The molecule has 1 aromatic heterocycles. The number of sulfone groups is 1. The van der Waals surface area contributed by atoms with Crippen LogP contribution in [-0.2, 0) is 19.4 Å². The molecule has 2 aliphatic carbocycles. The van der Waals surface area contributed by atoms with Gasteiger partial charge in [0.25, 0.3) is 0 Å². The number of anilines is 2. The Morgan fingerprint density at radius 2 is 1.74 bits per heavy atom. The summed E-state index contributed by atoms with van der Waals surface area (Å²) >= 11 is 1.70. The van der Waals surface area contributed by atoms with Crippen LogP contribution >= 0.6 is 11.3 Å². The molecule has 1 aromatic carbocycles. The lowest BCUT2D eigenvalue weighted by Gasteiger charge is -2.31. The van der Waals surface area contributed by atoms with Crippen LogP contribution < -0.4 is 9.80 Å². The topological polar surface area (TPSA) is 104 Å². The van der Waals surface area contributed by atoms with Crippen molar-refractivity contribution in [2.75, 3.05) is 60.7 Å². The monoisotopic (exact) mass is 568 g/mol. The van der Waals surface area contributed by atoms with Crippen molar-refractivity contribution in [2.24, 2.45) is 11.3 Å². The fourth-order valence-electron chi connectivity index (χ4n) is 6.25. The Morgan fingerprint density at radius 3 is 2.41 bits per heavy atom. The third kappa shape index (κ3) is 5.72. The second kappa shape index (κ2) is 10.8. The van der Waals surface area contributed by atoms with E-state index < -0.39 is 15.3 Å². The highest BCUT2D eigenvalue weighted by Gasteiger charge is 2.47. The molecule has 0 unspecified atom stereocenters. The summed E-state index contributed by atoms with van der Waals surface area (Å²) in [4.78, 5) is 24.3. The number of morpholine rings is 1. The summed E-state index contributed by atoms with van der Waals surface area (Å²) in [6, 6.07) is 10.8. The quantitative estimate of drug-likeness (QED) is 0.484. The average Bonchev–Trinajstić information content (AvgIpc) is 3.60. The van der Waals surface area contributed by atoms with Gasteiger partial charge in [-0.05, 0) is 43.4 Å². The highest BCUT2D eigenvalue weighted by molar-refractivity contribution is 7.91. The third-order valence-corrected chi connectivity index (χ3v) is 11.7. The Kier molecular flexibility index (Phi) is 7.42. The molecule has 0 radical (unpaired) electrons. The molecule has 39 heavy (non-hydrogen) atoms. The van der Waals surface area contributed by atoms with E-state index in [-0.39, 0.29) is 29.1 Å². The SMILES string of the molecule is N#CC1(CC(=O)[C@@H]2CCCC[C@H]2c2nc(N3CCOCC3)sc2-c2ccc(N3CCS(=O)(=O)CC3)cc2)CC1. The van der Waals surface area contributed by atoms with E-state index in [9.17, 15) is 18.5 Å². The van der Waals surface area contributed by atoms with Crippen molar-refractivity contribution in [2.45, 2.75) is 50.9 Å². The molecule has 0 bridgehead atoms. The average molecular weight is 569 g/mol.